The molecule has 29 heavy (non-hydrogen) atoms. The summed E-state index contributed by atoms with van der Waals surface area (Å²) in [6.45, 7) is 2.24. The number of carbonyl (C=O) groups is 1. The van der Waals surface area contributed by atoms with Gasteiger partial charge in [-0.15, -0.1) is 0 Å². The van der Waals surface area contributed by atoms with Gasteiger partial charge in [0, 0.05) is 17.5 Å². The summed E-state index contributed by atoms with van der Waals surface area (Å²) in [5.41, 5.74) is 10.2. The van der Waals surface area contributed by atoms with Gasteiger partial charge in [0.05, 0.1) is 42.2 Å². The second kappa shape index (κ2) is 7.31. The van der Waals surface area contributed by atoms with Crippen molar-refractivity contribution in [1.82, 2.24) is 9.55 Å². The molecule has 0 fully saturated rings. The quantitative estimate of drug-likeness (QED) is 0.477. The van der Waals surface area contributed by atoms with Crippen LogP contribution >= 0.6 is 0 Å². The van der Waals surface area contributed by atoms with Crippen LogP contribution in [0.4, 0.5) is 0 Å². The van der Waals surface area contributed by atoms with E-state index in [0.717, 1.165) is 22.0 Å². The van der Waals surface area contributed by atoms with Crippen molar-refractivity contribution in [2.24, 2.45) is 5.73 Å². The maximum Gasteiger partial charge on any atom is 0.293 e. The van der Waals surface area contributed by atoms with Crippen molar-refractivity contribution in [3.05, 3.63) is 56.9 Å². The zero-order valence-corrected chi connectivity index (χ0v) is 16.1. The maximum atomic E-state index is 13.1. The number of aromatic nitrogens is 2. The second-order valence-corrected chi connectivity index (χ2v) is 6.94. The third kappa shape index (κ3) is 2.97. The summed E-state index contributed by atoms with van der Waals surface area (Å²) in [5.74, 6) is 0.700. The Kier molecular flexibility index (Phi) is 4.81. The van der Waals surface area contributed by atoms with Crippen LogP contribution in [-0.2, 0) is 29.2 Å². The lowest BCUT2D eigenvalue weighted by Gasteiger charge is -2.14. The Hall–Kier alpha value is -3.23. The van der Waals surface area contributed by atoms with Gasteiger partial charge in [0.25, 0.3) is 12.0 Å². The lowest BCUT2D eigenvalue weighted by atomic mass is 9.99. The molecular formula is C21H21N3O5. The number of ether oxygens (including phenoxy) is 2. The minimum Gasteiger partial charge on any atom is -0.497 e. The fourth-order valence-electron chi connectivity index (χ4n) is 3.94. The summed E-state index contributed by atoms with van der Waals surface area (Å²) in [6.07, 6.45) is -0.901. The monoisotopic (exact) mass is 395 g/mol. The van der Waals surface area contributed by atoms with Gasteiger partial charge in [0.1, 0.15) is 12.4 Å². The topological polar surface area (TPSA) is 117 Å². The number of nitrogens with zero attached hydrogens (tertiary/aromatic N) is 2. The third-order valence-corrected chi connectivity index (χ3v) is 5.35. The Morgan fingerprint density at radius 3 is 2.79 bits per heavy atom. The van der Waals surface area contributed by atoms with E-state index in [-0.39, 0.29) is 30.7 Å². The smallest absolute Gasteiger partial charge is 0.293 e. The van der Waals surface area contributed by atoms with Crippen molar-refractivity contribution < 1.29 is 19.4 Å². The molecule has 1 aliphatic heterocycles. The molecule has 1 unspecified atom stereocenters. The van der Waals surface area contributed by atoms with E-state index in [4.69, 9.17) is 20.2 Å². The molecule has 0 aliphatic carbocycles. The highest BCUT2D eigenvalue weighted by atomic mass is 16.5. The van der Waals surface area contributed by atoms with Gasteiger partial charge in [0.15, 0.2) is 0 Å². The fourth-order valence-corrected chi connectivity index (χ4v) is 3.94. The van der Waals surface area contributed by atoms with E-state index in [9.17, 15) is 14.7 Å². The van der Waals surface area contributed by atoms with Crippen LogP contribution in [0.3, 0.4) is 0 Å². The highest BCUT2D eigenvalue weighted by molar-refractivity contribution is 5.89. The average molecular weight is 395 g/mol. The largest absolute Gasteiger partial charge is 0.497 e. The van der Waals surface area contributed by atoms with Crippen molar-refractivity contribution in [2.75, 3.05) is 7.11 Å². The van der Waals surface area contributed by atoms with E-state index in [1.165, 1.54) is 0 Å². The van der Waals surface area contributed by atoms with Crippen molar-refractivity contribution in [3.63, 3.8) is 0 Å². The molecule has 1 aromatic carbocycles. The van der Waals surface area contributed by atoms with Crippen molar-refractivity contribution in [3.8, 4) is 17.1 Å². The molecule has 3 heterocycles. The molecule has 2 aromatic heterocycles. The van der Waals surface area contributed by atoms with E-state index < -0.39 is 6.10 Å². The number of hydrogen-bond donors (Lipinski definition) is 2. The van der Waals surface area contributed by atoms with E-state index in [0.29, 0.717) is 29.2 Å². The minimum absolute atomic E-state index is 0.199. The number of methoxy groups -OCH3 is 1. The number of pyridine rings is 2. The van der Waals surface area contributed by atoms with E-state index >= 15 is 0 Å². The highest BCUT2D eigenvalue weighted by Crippen LogP contribution is 2.37. The van der Waals surface area contributed by atoms with E-state index in [2.05, 4.69) is 0 Å². The lowest BCUT2D eigenvalue weighted by Crippen LogP contribution is -2.26. The highest BCUT2D eigenvalue weighted by Gasteiger charge is 2.28. The SMILES string of the molecule is COc1ccc2nc3c(c(CN)c2c1)Cn1c-3cc(C(C)O)c(COC=O)c1=O. The van der Waals surface area contributed by atoms with Gasteiger partial charge in [-0.3, -0.25) is 9.59 Å². The van der Waals surface area contributed by atoms with Gasteiger partial charge < -0.3 is 24.9 Å². The average Bonchev–Trinajstić information content (AvgIpc) is 3.09. The molecule has 0 saturated carbocycles. The van der Waals surface area contributed by atoms with Crippen LogP contribution in [0.25, 0.3) is 22.3 Å². The van der Waals surface area contributed by atoms with Crippen LogP contribution in [0.1, 0.15) is 35.3 Å². The zero-order chi connectivity index (χ0) is 20.7. The van der Waals surface area contributed by atoms with Crippen LogP contribution in [-0.4, -0.2) is 28.2 Å². The van der Waals surface area contributed by atoms with Crippen LogP contribution in [0, 0.1) is 0 Å². The molecule has 3 N–H and O–H groups in total. The summed E-state index contributed by atoms with van der Waals surface area (Å²) >= 11 is 0. The number of aliphatic hydroxyl groups is 1. The predicted octanol–water partition coefficient (Wildman–Crippen LogP) is 1.62. The normalized spacial score (nSPS) is 13.1. The second-order valence-electron chi connectivity index (χ2n) is 6.94. The number of fused-ring (bicyclic) bond motifs is 4. The van der Waals surface area contributed by atoms with Crippen molar-refractivity contribution >= 4 is 17.4 Å². The predicted molar refractivity (Wildman–Crippen MR) is 106 cm³/mol. The van der Waals surface area contributed by atoms with Crippen LogP contribution < -0.4 is 16.0 Å². The van der Waals surface area contributed by atoms with Crippen LogP contribution in [0.5, 0.6) is 5.75 Å². The molecule has 0 saturated heterocycles. The molecule has 8 heteroatoms. The van der Waals surface area contributed by atoms with Crippen molar-refractivity contribution in [2.45, 2.75) is 32.7 Å². The molecular weight excluding hydrogens is 374 g/mol. The summed E-state index contributed by atoms with van der Waals surface area (Å²) in [5, 5.41) is 11.1. The summed E-state index contributed by atoms with van der Waals surface area (Å²) in [6, 6.07) is 7.31. The third-order valence-electron chi connectivity index (χ3n) is 5.35. The van der Waals surface area contributed by atoms with Gasteiger partial charge in [-0.1, -0.05) is 0 Å². The van der Waals surface area contributed by atoms with E-state index in [1.54, 1.807) is 24.7 Å². The molecule has 150 valence electrons. The zero-order valence-electron chi connectivity index (χ0n) is 16.1. The van der Waals surface area contributed by atoms with Crippen molar-refractivity contribution in [1.29, 1.82) is 0 Å². The van der Waals surface area contributed by atoms with Gasteiger partial charge in [-0.2, -0.15) is 0 Å². The number of aliphatic hydroxyl groups excluding tert-OH is 1. The number of carbonyl (C=O) groups excluding carboxylic acids is 1. The Balaban J connectivity index is 1.99. The first-order valence-electron chi connectivity index (χ1n) is 9.20. The summed E-state index contributed by atoms with van der Waals surface area (Å²) in [7, 11) is 1.60. The maximum absolute atomic E-state index is 13.1. The molecule has 0 amide bonds. The van der Waals surface area contributed by atoms with Gasteiger partial charge in [-0.25, -0.2) is 4.98 Å². The lowest BCUT2D eigenvalue weighted by molar-refractivity contribution is -0.129. The Labute approximate surface area is 166 Å². The molecule has 0 bridgehead atoms. The Morgan fingerprint density at radius 1 is 1.34 bits per heavy atom. The minimum atomic E-state index is -0.901. The van der Waals surface area contributed by atoms with E-state index in [1.807, 2.05) is 18.2 Å². The van der Waals surface area contributed by atoms with Crippen LogP contribution in [0.15, 0.2) is 29.1 Å². The molecule has 1 atom stereocenters. The first kappa shape index (κ1) is 19.1. The van der Waals surface area contributed by atoms with Gasteiger partial charge in [0.2, 0.25) is 0 Å². The summed E-state index contributed by atoms with van der Waals surface area (Å²) in [4.78, 5) is 28.5. The standard InChI is InChI=1S/C21H21N3O5/c1-11(26)13-6-19-20-16(8-24(19)21(27)17(13)9-29-10-25)15(7-22)14-5-12(28-2)3-4-18(14)23-20/h3-6,10-11,26H,7-9,22H2,1-2H3. The van der Waals surface area contributed by atoms with Crippen LogP contribution in [0.2, 0.25) is 0 Å². The Morgan fingerprint density at radius 2 is 2.14 bits per heavy atom. The number of rotatable bonds is 6. The summed E-state index contributed by atoms with van der Waals surface area (Å²) < 4.78 is 11.7. The number of benzene rings is 1. The molecule has 4 rings (SSSR count). The molecule has 0 radical (unpaired) electrons. The number of nitrogens with two attached hydrogens (primary N) is 1. The molecule has 1 aliphatic rings. The fraction of sp³-hybridized carbons (Fsp3) is 0.286. The first-order valence-corrected chi connectivity index (χ1v) is 9.20. The van der Waals surface area contributed by atoms with Gasteiger partial charge in [-0.05, 0) is 42.3 Å². The first-order chi connectivity index (χ1) is 14.0. The molecule has 8 nitrogen and oxygen atoms in total. The number of hydrogen-bond acceptors (Lipinski definition) is 7. The Bertz CT molecular complexity index is 1180. The molecule has 0 spiro atoms. The van der Waals surface area contributed by atoms with Gasteiger partial charge >= 0.3 is 0 Å². The molecule has 3 aromatic rings.